The number of carboxylic acid groups (broad SMARTS) is 1. The molecule has 3 atom stereocenters. The van der Waals surface area contributed by atoms with Crippen molar-refractivity contribution < 1.29 is 19.4 Å². The molecule has 6 nitrogen and oxygen atoms in total. The van der Waals surface area contributed by atoms with Gasteiger partial charge in [0.2, 0.25) is 0 Å². The van der Waals surface area contributed by atoms with E-state index in [1.807, 2.05) is 27.7 Å². The highest BCUT2D eigenvalue weighted by molar-refractivity contribution is 5.82. The lowest BCUT2D eigenvalue weighted by Crippen LogP contribution is -2.64. The molecule has 1 rings (SSSR count). The number of hydrogen-bond donors (Lipinski definition) is 3. The molecule has 6 heteroatoms. The Bertz CT molecular complexity index is 371. The van der Waals surface area contributed by atoms with Crippen LogP contribution in [-0.4, -0.2) is 41.9 Å². The van der Waals surface area contributed by atoms with Crippen LogP contribution in [0.3, 0.4) is 0 Å². The van der Waals surface area contributed by atoms with Gasteiger partial charge in [-0.15, -0.1) is 0 Å². The van der Waals surface area contributed by atoms with Crippen LogP contribution in [0.2, 0.25) is 0 Å². The van der Waals surface area contributed by atoms with Crippen molar-refractivity contribution in [3.05, 3.63) is 0 Å². The van der Waals surface area contributed by atoms with Gasteiger partial charge in [0.25, 0.3) is 0 Å². The van der Waals surface area contributed by atoms with Crippen LogP contribution in [0.5, 0.6) is 0 Å². The van der Waals surface area contributed by atoms with Crippen molar-refractivity contribution in [3.8, 4) is 0 Å². The first-order valence-corrected chi connectivity index (χ1v) is 7.74. The fourth-order valence-corrected chi connectivity index (χ4v) is 2.64. The van der Waals surface area contributed by atoms with Crippen LogP contribution in [0.1, 0.15) is 53.4 Å². The fourth-order valence-electron chi connectivity index (χ4n) is 2.64. The summed E-state index contributed by atoms with van der Waals surface area (Å²) in [5.74, 6) is -0.987. The van der Waals surface area contributed by atoms with E-state index in [1.165, 1.54) is 0 Å². The molecule has 1 aliphatic rings. The standard InChI is InChI=1S/C15H28N2O4/c1-5-7-8-10(13(18)19)16-14(20)17-11-9-12(21-6-2)15(11,3)4/h10-12H,5-9H2,1-4H3,(H,18,19)(H2,16,17,20)/t10-,11?,12?/m0/s1. The van der Waals surface area contributed by atoms with Crippen molar-refractivity contribution in [2.24, 2.45) is 5.41 Å². The van der Waals surface area contributed by atoms with Crippen LogP contribution in [-0.2, 0) is 9.53 Å². The Kier molecular flexibility index (Phi) is 6.45. The summed E-state index contributed by atoms with van der Waals surface area (Å²) in [6, 6.07) is -1.22. The molecule has 0 aliphatic heterocycles. The Hall–Kier alpha value is -1.30. The number of nitrogens with one attached hydrogen (secondary N) is 2. The summed E-state index contributed by atoms with van der Waals surface area (Å²) in [7, 11) is 0. The number of unbranched alkanes of at least 4 members (excludes halogenated alkanes) is 1. The van der Waals surface area contributed by atoms with Gasteiger partial charge >= 0.3 is 12.0 Å². The summed E-state index contributed by atoms with van der Waals surface area (Å²) < 4.78 is 5.61. The molecule has 3 N–H and O–H groups in total. The van der Waals surface area contributed by atoms with E-state index in [0.717, 1.165) is 19.3 Å². The number of carbonyl (C=O) groups excluding carboxylic acids is 1. The second kappa shape index (κ2) is 7.64. The highest BCUT2D eigenvalue weighted by Gasteiger charge is 2.49. The first-order chi connectivity index (χ1) is 9.82. The lowest BCUT2D eigenvalue weighted by molar-refractivity contribution is -0.139. The Balaban J connectivity index is 2.45. The second-order valence-corrected chi connectivity index (χ2v) is 6.20. The predicted molar refractivity (Wildman–Crippen MR) is 80.2 cm³/mol. The zero-order valence-electron chi connectivity index (χ0n) is 13.4. The molecule has 0 aromatic rings. The van der Waals surface area contributed by atoms with E-state index in [9.17, 15) is 9.59 Å². The van der Waals surface area contributed by atoms with Crippen molar-refractivity contribution in [2.45, 2.75) is 71.6 Å². The number of amides is 2. The predicted octanol–water partition coefficient (Wildman–Crippen LogP) is 2.13. The van der Waals surface area contributed by atoms with E-state index in [4.69, 9.17) is 9.84 Å². The van der Waals surface area contributed by atoms with E-state index in [2.05, 4.69) is 10.6 Å². The minimum Gasteiger partial charge on any atom is -0.480 e. The minimum atomic E-state index is -0.987. The Morgan fingerprint density at radius 2 is 2.05 bits per heavy atom. The highest BCUT2D eigenvalue weighted by atomic mass is 16.5. The van der Waals surface area contributed by atoms with Crippen LogP contribution in [0, 0.1) is 5.41 Å². The summed E-state index contributed by atoms with van der Waals surface area (Å²) in [4.78, 5) is 23.1. The largest absolute Gasteiger partial charge is 0.480 e. The normalized spacial score (nSPS) is 24.8. The second-order valence-electron chi connectivity index (χ2n) is 6.20. The molecule has 0 aromatic carbocycles. The summed E-state index contributed by atoms with van der Waals surface area (Å²) in [5, 5.41) is 14.5. The third-order valence-corrected chi connectivity index (χ3v) is 4.30. The molecule has 21 heavy (non-hydrogen) atoms. The third-order valence-electron chi connectivity index (χ3n) is 4.30. The number of hydrogen-bond acceptors (Lipinski definition) is 3. The molecule has 0 bridgehead atoms. The van der Waals surface area contributed by atoms with Crippen LogP contribution in [0.15, 0.2) is 0 Å². The van der Waals surface area contributed by atoms with Crippen molar-refractivity contribution in [3.63, 3.8) is 0 Å². The number of carbonyl (C=O) groups is 2. The van der Waals surface area contributed by atoms with E-state index in [0.29, 0.717) is 13.0 Å². The lowest BCUT2D eigenvalue weighted by Gasteiger charge is -2.51. The number of rotatable bonds is 8. The van der Waals surface area contributed by atoms with Crippen LogP contribution < -0.4 is 10.6 Å². The number of ether oxygens (including phenoxy) is 1. The first-order valence-electron chi connectivity index (χ1n) is 7.74. The maximum atomic E-state index is 12.0. The summed E-state index contributed by atoms with van der Waals surface area (Å²) >= 11 is 0. The SMILES string of the molecule is CCCC[C@H](NC(=O)NC1CC(OCC)C1(C)C)C(=O)O. The minimum absolute atomic E-state index is 0.00895. The Morgan fingerprint density at radius 3 is 2.52 bits per heavy atom. The van der Waals surface area contributed by atoms with Gasteiger partial charge in [-0.3, -0.25) is 0 Å². The average molecular weight is 300 g/mol. The molecule has 0 heterocycles. The monoisotopic (exact) mass is 300 g/mol. The van der Waals surface area contributed by atoms with Gasteiger partial charge in [0, 0.05) is 18.1 Å². The molecule has 1 aliphatic carbocycles. The molecule has 1 fully saturated rings. The zero-order valence-corrected chi connectivity index (χ0v) is 13.4. The van der Waals surface area contributed by atoms with Gasteiger partial charge in [0.1, 0.15) is 6.04 Å². The molecule has 1 saturated carbocycles. The van der Waals surface area contributed by atoms with Crippen molar-refractivity contribution in [1.29, 1.82) is 0 Å². The van der Waals surface area contributed by atoms with Gasteiger partial charge in [-0.25, -0.2) is 9.59 Å². The van der Waals surface area contributed by atoms with E-state index in [-0.39, 0.29) is 17.6 Å². The molecular formula is C15H28N2O4. The topological polar surface area (TPSA) is 87.7 Å². The van der Waals surface area contributed by atoms with Crippen molar-refractivity contribution >= 4 is 12.0 Å². The van der Waals surface area contributed by atoms with Gasteiger partial charge in [-0.05, 0) is 19.8 Å². The number of aliphatic carboxylic acids is 1. The molecule has 0 spiro atoms. The van der Waals surface area contributed by atoms with Crippen LogP contribution in [0.4, 0.5) is 4.79 Å². The summed E-state index contributed by atoms with van der Waals surface area (Å²) in [6.07, 6.45) is 3.04. The fraction of sp³-hybridized carbons (Fsp3) is 0.867. The van der Waals surface area contributed by atoms with Gasteiger partial charge in [0.05, 0.1) is 6.10 Å². The summed E-state index contributed by atoms with van der Waals surface area (Å²) in [5.41, 5.74) is -0.129. The molecule has 0 saturated heterocycles. The quantitative estimate of drug-likeness (QED) is 0.641. The van der Waals surface area contributed by atoms with E-state index in [1.54, 1.807) is 0 Å². The van der Waals surface area contributed by atoms with E-state index < -0.39 is 18.0 Å². The molecule has 0 aromatic heterocycles. The number of carboxylic acids is 1. The maximum Gasteiger partial charge on any atom is 0.326 e. The summed E-state index contributed by atoms with van der Waals surface area (Å²) in [6.45, 7) is 8.70. The zero-order chi connectivity index (χ0) is 16.0. The van der Waals surface area contributed by atoms with Crippen molar-refractivity contribution in [1.82, 2.24) is 10.6 Å². The van der Waals surface area contributed by atoms with Crippen LogP contribution >= 0.6 is 0 Å². The van der Waals surface area contributed by atoms with Crippen molar-refractivity contribution in [2.75, 3.05) is 6.61 Å². The Labute approximate surface area is 126 Å². The lowest BCUT2D eigenvalue weighted by atomic mass is 9.64. The molecule has 2 amide bonds. The van der Waals surface area contributed by atoms with Gasteiger partial charge < -0.3 is 20.5 Å². The third kappa shape index (κ3) is 4.59. The van der Waals surface area contributed by atoms with Gasteiger partial charge in [-0.2, -0.15) is 0 Å². The van der Waals surface area contributed by atoms with Gasteiger partial charge in [0.15, 0.2) is 0 Å². The molecule has 0 radical (unpaired) electrons. The Morgan fingerprint density at radius 1 is 1.38 bits per heavy atom. The van der Waals surface area contributed by atoms with Gasteiger partial charge in [-0.1, -0.05) is 33.6 Å². The first kappa shape index (κ1) is 17.8. The van der Waals surface area contributed by atoms with E-state index >= 15 is 0 Å². The van der Waals surface area contributed by atoms with Crippen LogP contribution in [0.25, 0.3) is 0 Å². The number of urea groups is 1. The highest BCUT2D eigenvalue weighted by Crippen LogP contribution is 2.42. The average Bonchev–Trinajstić information content (AvgIpc) is 2.42. The molecule has 2 unspecified atom stereocenters. The molecular weight excluding hydrogens is 272 g/mol. The smallest absolute Gasteiger partial charge is 0.326 e. The maximum absolute atomic E-state index is 12.0. The molecule has 122 valence electrons.